The van der Waals surface area contributed by atoms with Crippen LogP contribution in [0, 0.1) is 0 Å². The minimum Gasteiger partial charge on any atom is -0.508 e. The van der Waals surface area contributed by atoms with E-state index < -0.39 is 0 Å². The number of aromatic hydroxyl groups is 1. The average Bonchev–Trinajstić information content (AvgIpc) is 2.22. The third-order valence-corrected chi connectivity index (χ3v) is 2.27. The highest BCUT2D eigenvalue weighted by Gasteiger charge is 1.97. The summed E-state index contributed by atoms with van der Waals surface area (Å²) in [7, 11) is 0. The summed E-state index contributed by atoms with van der Waals surface area (Å²) in [6, 6.07) is 7.12. The molecule has 0 saturated heterocycles. The summed E-state index contributed by atoms with van der Waals surface area (Å²) in [5, 5.41) is 12.4. The van der Waals surface area contributed by atoms with Crippen molar-refractivity contribution in [3.63, 3.8) is 0 Å². The number of benzene rings is 1. The fourth-order valence-corrected chi connectivity index (χ4v) is 1.23. The van der Waals surface area contributed by atoms with Gasteiger partial charge in [0.25, 0.3) is 0 Å². The predicted molar refractivity (Wildman–Crippen MR) is 59.5 cm³/mol. The van der Waals surface area contributed by atoms with Gasteiger partial charge in [-0.05, 0) is 37.4 Å². The largest absolute Gasteiger partial charge is 0.508 e. The van der Waals surface area contributed by atoms with Crippen molar-refractivity contribution in [3.05, 3.63) is 24.3 Å². The second-order valence-corrected chi connectivity index (χ2v) is 3.19. The lowest BCUT2D eigenvalue weighted by molar-refractivity contribution is 0.326. The second-order valence-electron chi connectivity index (χ2n) is 3.19. The zero-order valence-corrected chi connectivity index (χ0v) is 8.83. The topological polar surface area (TPSA) is 35.5 Å². The van der Waals surface area contributed by atoms with Crippen molar-refractivity contribution in [2.24, 2.45) is 0 Å². The van der Waals surface area contributed by atoms with Crippen LogP contribution >= 0.6 is 0 Å². The van der Waals surface area contributed by atoms with Gasteiger partial charge in [-0.3, -0.25) is 4.90 Å². The first-order valence-corrected chi connectivity index (χ1v) is 5.01. The summed E-state index contributed by atoms with van der Waals surface area (Å²) in [6.45, 7) is 7.21. The molecule has 0 atom stereocenters. The number of rotatable bonds is 5. The van der Waals surface area contributed by atoms with E-state index in [-0.39, 0.29) is 0 Å². The van der Waals surface area contributed by atoms with Gasteiger partial charge in [0.2, 0.25) is 0 Å². The number of hydrogen-bond donors (Lipinski definition) is 2. The van der Waals surface area contributed by atoms with Crippen molar-refractivity contribution in [2.75, 3.05) is 25.1 Å². The Morgan fingerprint density at radius 3 is 2.21 bits per heavy atom. The Morgan fingerprint density at radius 1 is 1.14 bits per heavy atom. The summed E-state index contributed by atoms with van der Waals surface area (Å²) in [5.74, 6) is 0.304. The number of anilines is 1. The normalized spacial score (nSPS) is 10.5. The molecule has 1 rings (SSSR count). The fraction of sp³-hybridized carbons (Fsp3) is 0.455. The molecule has 1 aromatic rings. The van der Waals surface area contributed by atoms with Crippen LogP contribution < -0.4 is 5.32 Å². The number of phenols is 1. The lowest BCUT2D eigenvalue weighted by Gasteiger charge is -2.19. The van der Waals surface area contributed by atoms with Gasteiger partial charge in [0.05, 0.1) is 6.67 Å². The quantitative estimate of drug-likeness (QED) is 0.556. The molecular weight excluding hydrogens is 176 g/mol. The van der Waals surface area contributed by atoms with Gasteiger partial charge >= 0.3 is 0 Å². The highest BCUT2D eigenvalue weighted by Crippen LogP contribution is 2.13. The van der Waals surface area contributed by atoms with Gasteiger partial charge in [0.1, 0.15) is 5.75 Å². The number of nitrogens with one attached hydrogen (secondary N) is 1. The number of hydrogen-bond acceptors (Lipinski definition) is 3. The molecule has 0 radical (unpaired) electrons. The molecule has 0 aliphatic rings. The van der Waals surface area contributed by atoms with Crippen molar-refractivity contribution < 1.29 is 5.11 Å². The van der Waals surface area contributed by atoms with Crippen LogP contribution in [0.1, 0.15) is 13.8 Å². The summed E-state index contributed by atoms with van der Waals surface area (Å²) in [6.07, 6.45) is 0. The maximum Gasteiger partial charge on any atom is 0.115 e. The zero-order chi connectivity index (χ0) is 10.4. The minimum absolute atomic E-state index is 0.304. The Balaban J connectivity index is 2.41. The van der Waals surface area contributed by atoms with Gasteiger partial charge in [-0.15, -0.1) is 0 Å². The van der Waals surface area contributed by atoms with E-state index in [1.165, 1.54) is 0 Å². The maximum absolute atomic E-state index is 9.09. The molecule has 0 aromatic heterocycles. The molecule has 78 valence electrons. The molecule has 0 heterocycles. The molecule has 0 aliphatic heterocycles. The Morgan fingerprint density at radius 2 is 1.71 bits per heavy atom. The van der Waals surface area contributed by atoms with Gasteiger partial charge in [-0.2, -0.15) is 0 Å². The smallest absolute Gasteiger partial charge is 0.115 e. The third-order valence-electron chi connectivity index (χ3n) is 2.27. The lowest BCUT2D eigenvalue weighted by Crippen LogP contribution is -2.28. The van der Waals surface area contributed by atoms with Crippen LogP contribution in [-0.4, -0.2) is 29.8 Å². The van der Waals surface area contributed by atoms with Crippen LogP contribution in [0.25, 0.3) is 0 Å². The highest BCUT2D eigenvalue weighted by atomic mass is 16.3. The summed E-state index contributed by atoms with van der Waals surface area (Å²) < 4.78 is 0. The molecule has 14 heavy (non-hydrogen) atoms. The van der Waals surface area contributed by atoms with Crippen molar-refractivity contribution >= 4 is 5.69 Å². The molecule has 0 saturated carbocycles. The van der Waals surface area contributed by atoms with Crippen LogP contribution in [0.2, 0.25) is 0 Å². The van der Waals surface area contributed by atoms with E-state index in [1.54, 1.807) is 12.1 Å². The van der Waals surface area contributed by atoms with Crippen LogP contribution in [0.3, 0.4) is 0 Å². The highest BCUT2D eigenvalue weighted by molar-refractivity contribution is 5.45. The minimum atomic E-state index is 0.304. The monoisotopic (exact) mass is 194 g/mol. The maximum atomic E-state index is 9.09. The Labute approximate surface area is 85.4 Å². The molecule has 0 aliphatic carbocycles. The first kappa shape index (κ1) is 10.9. The first-order valence-electron chi connectivity index (χ1n) is 5.01. The van der Waals surface area contributed by atoms with E-state index in [0.717, 1.165) is 25.4 Å². The van der Waals surface area contributed by atoms with Crippen LogP contribution in [0.4, 0.5) is 5.69 Å². The standard InChI is InChI=1S/C11H18N2O/c1-3-13(4-2)9-12-10-5-7-11(14)8-6-10/h5-8,12,14H,3-4,9H2,1-2H3. The molecule has 3 nitrogen and oxygen atoms in total. The summed E-state index contributed by atoms with van der Waals surface area (Å²) >= 11 is 0. The molecule has 2 N–H and O–H groups in total. The van der Waals surface area contributed by atoms with Gasteiger partial charge in [0.15, 0.2) is 0 Å². The molecule has 0 fully saturated rings. The van der Waals surface area contributed by atoms with Crippen LogP contribution in [0.15, 0.2) is 24.3 Å². The Hall–Kier alpha value is -1.22. The Kier molecular flexibility index (Phi) is 4.26. The summed E-state index contributed by atoms with van der Waals surface area (Å²) in [4.78, 5) is 2.28. The van der Waals surface area contributed by atoms with E-state index in [0.29, 0.717) is 5.75 Å². The molecule has 0 spiro atoms. The second kappa shape index (κ2) is 5.50. The number of nitrogens with zero attached hydrogens (tertiary/aromatic N) is 1. The van der Waals surface area contributed by atoms with Crippen molar-refractivity contribution in [2.45, 2.75) is 13.8 Å². The fourth-order valence-electron chi connectivity index (χ4n) is 1.23. The van der Waals surface area contributed by atoms with Crippen LogP contribution in [0.5, 0.6) is 5.75 Å². The van der Waals surface area contributed by atoms with E-state index in [2.05, 4.69) is 24.1 Å². The van der Waals surface area contributed by atoms with Gasteiger partial charge < -0.3 is 10.4 Å². The van der Waals surface area contributed by atoms with E-state index in [4.69, 9.17) is 5.11 Å². The third kappa shape index (κ3) is 3.26. The van der Waals surface area contributed by atoms with E-state index in [1.807, 2.05) is 12.1 Å². The van der Waals surface area contributed by atoms with Crippen molar-refractivity contribution in [1.29, 1.82) is 0 Å². The lowest BCUT2D eigenvalue weighted by atomic mass is 10.3. The van der Waals surface area contributed by atoms with E-state index in [9.17, 15) is 0 Å². The average molecular weight is 194 g/mol. The molecule has 0 bridgehead atoms. The van der Waals surface area contributed by atoms with Crippen molar-refractivity contribution in [1.82, 2.24) is 4.90 Å². The van der Waals surface area contributed by atoms with Gasteiger partial charge in [-0.25, -0.2) is 0 Å². The molecular formula is C11H18N2O. The molecule has 1 aromatic carbocycles. The zero-order valence-electron chi connectivity index (χ0n) is 8.83. The van der Waals surface area contributed by atoms with Gasteiger partial charge in [0, 0.05) is 5.69 Å². The van der Waals surface area contributed by atoms with Gasteiger partial charge in [-0.1, -0.05) is 13.8 Å². The van der Waals surface area contributed by atoms with Crippen LogP contribution in [-0.2, 0) is 0 Å². The Bertz CT molecular complexity index is 254. The SMILES string of the molecule is CCN(CC)CNc1ccc(O)cc1. The summed E-state index contributed by atoms with van der Waals surface area (Å²) in [5.41, 5.74) is 1.04. The molecule has 3 heteroatoms. The first-order chi connectivity index (χ1) is 6.76. The molecule has 0 unspecified atom stereocenters. The van der Waals surface area contributed by atoms with E-state index >= 15 is 0 Å². The molecule has 0 amide bonds. The van der Waals surface area contributed by atoms with Crippen molar-refractivity contribution in [3.8, 4) is 5.75 Å². The predicted octanol–water partition coefficient (Wildman–Crippen LogP) is 2.10. The number of phenolic OH excluding ortho intramolecular Hbond substituents is 1.